The fraction of sp³-hybridized carbons (Fsp3) is 0.375. The standard InChI is InChI=1S/C16H20F2N2O/c1-11-6-7-14(21-11)10-20(2)15(9-19)12-4-3-5-13(8-12)16(17)18/h3-8,15-16H,9-10,19H2,1-2H3. The van der Waals surface area contributed by atoms with Crippen LogP contribution in [0.4, 0.5) is 8.78 Å². The first-order chi connectivity index (χ1) is 10.0. The molecule has 0 saturated carbocycles. The molecule has 0 saturated heterocycles. The average Bonchev–Trinajstić information content (AvgIpc) is 2.85. The highest BCUT2D eigenvalue weighted by Crippen LogP contribution is 2.25. The molecule has 5 heteroatoms. The number of hydrogen-bond acceptors (Lipinski definition) is 3. The van der Waals surface area contributed by atoms with Crippen LogP contribution >= 0.6 is 0 Å². The highest BCUT2D eigenvalue weighted by Gasteiger charge is 2.18. The van der Waals surface area contributed by atoms with E-state index in [4.69, 9.17) is 10.2 Å². The van der Waals surface area contributed by atoms with Gasteiger partial charge in [-0.2, -0.15) is 0 Å². The SMILES string of the molecule is Cc1ccc(CN(C)C(CN)c2cccc(C(F)F)c2)o1. The summed E-state index contributed by atoms with van der Waals surface area (Å²) < 4.78 is 31.2. The van der Waals surface area contributed by atoms with Gasteiger partial charge in [0.1, 0.15) is 11.5 Å². The molecule has 2 aromatic rings. The Morgan fingerprint density at radius 3 is 2.48 bits per heavy atom. The topological polar surface area (TPSA) is 42.4 Å². The van der Waals surface area contributed by atoms with E-state index in [1.165, 1.54) is 12.1 Å². The van der Waals surface area contributed by atoms with Crippen molar-refractivity contribution in [1.82, 2.24) is 4.90 Å². The molecule has 114 valence electrons. The molecule has 2 rings (SSSR count). The Morgan fingerprint density at radius 1 is 1.19 bits per heavy atom. The number of nitrogens with two attached hydrogens (primary N) is 1. The zero-order valence-electron chi connectivity index (χ0n) is 12.2. The summed E-state index contributed by atoms with van der Waals surface area (Å²) in [5.74, 6) is 1.68. The summed E-state index contributed by atoms with van der Waals surface area (Å²) in [6, 6.07) is 10.1. The van der Waals surface area contributed by atoms with Crippen LogP contribution in [0.25, 0.3) is 0 Å². The van der Waals surface area contributed by atoms with Gasteiger partial charge in [-0.05, 0) is 37.7 Å². The zero-order chi connectivity index (χ0) is 15.4. The van der Waals surface area contributed by atoms with Crippen LogP contribution in [-0.2, 0) is 6.54 Å². The first-order valence-electron chi connectivity index (χ1n) is 6.85. The fourth-order valence-corrected chi connectivity index (χ4v) is 2.40. The maximum Gasteiger partial charge on any atom is 0.263 e. The van der Waals surface area contributed by atoms with Gasteiger partial charge < -0.3 is 10.2 Å². The van der Waals surface area contributed by atoms with Crippen molar-refractivity contribution in [3.63, 3.8) is 0 Å². The summed E-state index contributed by atoms with van der Waals surface area (Å²) >= 11 is 0. The number of alkyl halides is 2. The second-order valence-electron chi connectivity index (χ2n) is 5.15. The number of hydrogen-bond donors (Lipinski definition) is 1. The van der Waals surface area contributed by atoms with Crippen molar-refractivity contribution >= 4 is 0 Å². The van der Waals surface area contributed by atoms with Gasteiger partial charge in [-0.25, -0.2) is 8.78 Å². The predicted molar refractivity (Wildman–Crippen MR) is 78.1 cm³/mol. The molecule has 2 N–H and O–H groups in total. The van der Waals surface area contributed by atoms with Gasteiger partial charge in [0, 0.05) is 18.2 Å². The average molecular weight is 294 g/mol. The van der Waals surface area contributed by atoms with E-state index in [1.54, 1.807) is 6.07 Å². The van der Waals surface area contributed by atoms with E-state index in [1.807, 2.05) is 37.1 Å². The first kappa shape index (κ1) is 15.7. The summed E-state index contributed by atoms with van der Waals surface area (Å²) in [5.41, 5.74) is 6.65. The number of likely N-dealkylation sites (N-methyl/N-ethyl adjacent to an activating group) is 1. The molecular formula is C16H20F2N2O. The van der Waals surface area contributed by atoms with E-state index >= 15 is 0 Å². The second kappa shape index (κ2) is 6.83. The van der Waals surface area contributed by atoms with Crippen LogP contribution in [0.3, 0.4) is 0 Å². The van der Waals surface area contributed by atoms with Crippen LogP contribution in [0, 0.1) is 6.92 Å². The number of benzene rings is 1. The van der Waals surface area contributed by atoms with Crippen molar-refractivity contribution in [3.05, 3.63) is 59.0 Å². The molecule has 1 atom stereocenters. The maximum atomic E-state index is 12.8. The van der Waals surface area contributed by atoms with E-state index in [0.717, 1.165) is 17.1 Å². The van der Waals surface area contributed by atoms with Crippen molar-refractivity contribution in [2.75, 3.05) is 13.6 Å². The Balaban J connectivity index is 2.16. The van der Waals surface area contributed by atoms with Crippen molar-refractivity contribution in [2.24, 2.45) is 5.73 Å². The molecule has 1 aromatic carbocycles. The summed E-state index contributed by atoms with van der Waals surface area (Å²) in [4.78, 5) is 2.00. The zero-order valence-corrected chi connectivity index (χ0v) is 12.2. The third kappa shape index (κ3) is 3.89. The van der Waals surface area contributed by atoms with Crippen molar-refractivity contribution in [3.8, 4) is 0 Å². The number of rotatable bonds is 6. The van der Waals surface area contributed by atoms with E-state index in [9.17, 15) is 8.78 Å². The summed E-state index contributed by atoms with van der Waals surface area (Å²) in [6.07, 6.45) is -2.47. The number of halogens is 2. The minimum absolute atomic E-state index is 0.0215. The molecule has 1 unspecified atom stereocenters. The third-order valence-corrected chi connectivity index (χ3v) is 3.50. The van der Waals surface area contributed by atoms with Gasteiger partial charge in [0.05, 0.1) is 6.54 Å². The van der Waals surface area contributed by atoms with Crippen LogP contribution in [0.15, 0.2) is 40.8 Å². The fourth-order valence-electron chi connectivity index (χ4n) is 2.40. The predicted octanol–water partition coefficient (Wildman–Crippen LogP) is 3.66. The highest BCUT2D eigenvalue weighted by molar-refractivity contribution is 5.27. The second-order valence-corrected chi connectivity index (χ2v) is 5.15. The summed E-state index contributed by atoms with van der Waals surface area (Å²) in [7, 11) is 1.91. The number of furan rings is 1. The molecule has 1 aromatic heterocycles. The van der Waals surface area contributed by atoms with E-state index in [2.05, 4.69) is 0 Å². The first-order valence-corrected chi connectivity index (χ1v) is 6.85. The molecular weight excluding hydrogens is 274 g/mol. The normalized spacial score (nSPS) is 13.1. The molecule has 21 heavy (non-hydrogen) atoms. The van der Waals surface area contributed by atoms with Gasteiger partial charge in [0.25, 0.3) is 6.43 Å². The Labute approximate surface area is 123 Å². The Hall–Kier alpha value is -1.72. The van der Waals surface area contributed by atoms with Crippen LogP contribution in [0.1, 0.15) is 35.1 Å². The molecule has 0 bridgehead atoms. The molecule has 0 fully saturated rings. The van der Waals surface area contributed by atoms with Crippen molar-refractivity contribution < 1.29 is 13.2 Å². The van der Waals surface area contributed by atoms with Gasteiger partial charge >= 0.3 is 0 Å². The van der Waals surface area contributed by atoms with E-state index in [0.29, 0.717) is 13.1 Å². The minimum Gasteiger partial charge on any atom is -0.465 e. The largest absolute Gasteiger partial charge is 0.465 e. The smallest absolute Gasteiger partial charge is 0.263 e. The Kier molecular flexibility index (Phi) is 5.09. The molecule has 0 radical (unpaired) electrons. The molecule has 0 aliphatic carbocycles. The lowest BCUT2D eigenvalue weighted by molar-refractivity contribution is 0.151. The summed E-state index contributed by atoms with van der Waals surface area (Å²) in [6.45, 7) is 2.81. The van der Waals surface area contributed by atoms with Gasteiger partial charge in [-0.1, -0.05) is 18.2 Å². The third-order valence-electron chi connectivity index (χ3n) is 3.50. The van der Waals surface area contributed by atoms with Crippen molar-refractivity contribution in [1.29, 1.82) is 0 Å². The van der Waals surface area contributed by atoms with E-state index in [-0.39, 0.29) is 11.6 Å². The van der Waals surface area contributed by atoms with Gasteiger partial charge in [0.2, 0.25) is 0 Å². The Morgan fingerprint density at radius 2 is 1.90 bits per heavy atom. The van der Waals surface area contributed by atoms with E-state index < -0.39 is 6.43 Å². The highest BCUT2D eigenvalue weighted by atomic mass is 19.3. The number of nitrogens with zero attached hydrogens (tertiary/aromatic N) is 1. The lowest BCUT2D eigenvalue weighted by atomic mass is 10.0. The number of aryl methyl sites for hydroxylation is 1. The summed E-state index contributed by atoms with van der Waals surface area (Å²) in [5, 5.41) is 0. The minimum atomic E-state index is -2.47. The Bertz CT molecular complexity index is 583. The van der Waals surface area contributed by atoms with Gasteiger partial charge in [-0.15, -0.1) is 0 Å². The lowest BCUT2D eigenvalue weighted by Gasteiger charge is -2.27. The molecule has 0 aliphatic rings. The van der Waals surface area contributed by atoms with Crippen molar-refractivity contribution in [2.45, 2.75) is 25.9 Å². The van der Waals surface area contributed by atoms with Crippen LogP contribution < -0.4 is 5.73 Å². The van der Waals surface area contributed by atoms with Crippen LogP contribution in [0.2, 0.25) is 0 Å². The quantitative estimate of drug-likeness (QED) is 0.884. The molecule has 3 nitrogen and oxygen atoms in total. The van der Waals surface area contributed by atoms with Crippen LogP contribution in [0.5, 0.6) is 0 Å². The maximum absolute atomic E-state index is 12.8. The van der Waals surface area contributed by atoms with Gasteiger partial charge in [0.15, 0.2) is 0 Å². The van der Waals surface area contributed by atoms with Gasteiger partial charge in [-0.3, -0.25) is 4.90 Å². The lowest BCUT2D eigenvalue weighted by Crippen LogP contribution is -2.30. The molecule has 1 heterocycles. The van der Waals surface area contributed by atoms with Crippen LogP contribution in [-0.4, -0.2) is 18.5 Å². The molecule has 0 amide bonds. The molecule has 0 spiro atoms. The monoisotopic (exact) mass is 294 g/mol. The molecule has 0 aliphatic heterocycles.